The van der Waals surface area contributed by atoms with Crippen molar-refractivity contribution in [2.24, 2.45) is 5.92 Å². The van der Waals surface area contributed by atoms with Gasteiger partial charge in [-0.25, -0.2) is 9.89 Å². The number of methoxy groups -OCH3 is 1. The quantitative estimate of drug-likeness (QED) is 0.825. The smallest absolute Gasteiger partial charge is 0.434 e. The molecule has 2 aromatic rings. The van der Waals surface area contributed by atoms with Crippen LogP contribution in [0.3, 0.4) is 0 Å². The van der Waals surface area contributed by atoms with Crippen LogP contribution in [-0.4, -0.2) is 40.3 Å². The Morgan fingerprint density at radius 3 is 2.83 bits per heavy atom. The van der Waals surface area contributed by atoms with Gasteiger partial charge in [0.1, 0.15) is 0 Å². The van der Waals surface area contributed by atoms with Crippen LogP contribution in [0, 0.1) is 5.92 Å². The van der Waals surface area contributed by atoms with Crippen molar-refractivity contribution in [3.05, 3.63) is 39.7 Å². The lowest BCUT2D eigenvalue weighted by Crippen LogP contribution is -2.26. The van der Waals surface area contributed by atoms with E-state index in [1.165, 1.54) is 18.1 Å². The molecule has 1 aliphatic carbocycles. The molecular weight excluding hydrogens is 314 g/mol. The van der Waals surface area contributed by atoms with Gasteiger partial charge in [-0.05, 0) is 42.9 Å². The minimum absolute atomic E-state index is 0.0543. The summed E-state index contributed by atoms with van der Waals surface area (Å²) in [5, 5.41) is 16.1. The molecule has 2 N–H and O–H groups in total. The molecule has 0 radical (unpaired) electrons. The van der Waals surface area contributed by atoms with Gasteiger partial charge in [0.25, 0.3) is 5.91 Å². The number of phenolic OH excluding ortho intramolecular Hbond substituents is 1. The van der Waals surface area contributed by atoms with E-state index in [1.54, 1.807) is 13.1 Å². The topological polar surface area (TPSA) is 109 Å². The van der Waals surface area contributed by atoms with E-state index in [4.69, 9.17) is 9.15 Å². The zero-order valence-electron chi connectivity index (χ0n) is 13.5. The molecular formula is C16H19N3O5. The van der Waals surface area contributed by atoms with Crippen LogP contribution in [0.15, 0.2) is 21.3 Å². The summed E-state index contributed by atoms with van der Waals surface area (Å²) in [6.45, 7) is 0.0543. The van der Waals surface area contributed by atoms with E-state index < -0.39 is 5.76 Å². The fraction of sp³-hybridized carbons (Fsp3) is 0.438. The fourth-order valence-corrected chi connectivity index (χ4v) is 2.56. The number of nitrogens with zero attached hydrogens (tertiary/aromatic N) is 2. The maximum Gasteiger partial charge on any atom is 0.434 e. The van der Waals surface area contributed by atoms with Gasteiger partial charge in [-0.1, -0.05) is 0 Å². The highest BCUT2D eigenvalue weighted by molar-refractivity contribution is 5.95. The van der Waals surface area contributed by atoms with Crippen molar-refractivity contribution < 1.29 is 19.1 Å². The first-order valence-electron chi connectivity index (χ1n) is 7.67. The van der Waals surface area contributed by atoms with E-state index in [9.17, 15) is 14.7 Å². The third-order valence-corrected chi connectivity index (χ3v) is 4.03. The molecule has 8 heteroatoms. The van der Waals surface area contributed by atoms with Gasteiger partial charge in [-0.3, -0.25) is 4.79 Å². The van der Waals surface area contributed by atoms with Crippen LogP contribution in [0.1, 0.15) is 34.7 Å². The van der Waals surface area contributed by atoms with Crippen LogP contribution in [-0.2, 0) is 13.0 Å². The zero-order chi connectivity index (χ0) is 17.3. The predicted octanol–water partition coefficient (Wildman–Crippen LogP) is 1.30. The molecule has 0 spiro atoms. The SMILES string of the molecule is COc1cc(C(=O)N(C)Cc2n[nH]c(=O)o2)cc(CC2CC2)c1O. The summed E-state index contributed by atoms with van der Waals surface area (Å²) in [5.74, 6) is 0.0970. The zero-order valence-corrected chi connectivity index (χ0v) is 13.5. The van der Waals surface area contributed by atoms with Gasteiger partial charge in [0, 0.05) is 12.6 Å². The lowest BCUT2D eigenvalue weighted by atomic mass is 10.0. The summed E-state index contributed by atoms with van der Waals surface area (Å²) in [5.41, 5.74) is 1.11. The van der Waals surface area contributed by atoms with Crippen molar-refractivity contribution in [1.82, 2.24) is 15.1 Å². The van der Waals surface area contributed by atoms with E-state index in [-0.39, 0.29) is 29.8 Å². The van der Waals surface area contributed by atoms with Gasteiger partial charge in [-0.2, -0.15) is 0 Å². The normalized spacial score (nSPS) is 13.8. The Balaban J connectivity index is 1.83. The third kappa shape index (κ3) is 3.42. The standard InChI is InChI=1S/C16H19N3O5/c1-19(8-13-17-18-16(22)24-13)15(21)11-6-10(5-9-3-4-9)14(20)12(7-11)23-2/h6-7,9,20H,3-5,8H2,1-2H3,(H,18,22). The van der Waals surface area contributed by atoms with E-state index in [1.807, 2.05) is 0 Å². The molecule has 8 nitrogen and oxygen atoms in total. The Bertz CT molecular complexity index is 806. The molecule has 1 aromatic heterocycles. The molecule has 24 heavy (non-hydrogen) atoms. The minimum atomic E-state index is -0.663. The van der Waals surface area contributed by atoms with Crippen molar-refractivity contribution in [2.45, 2.75) is 25.8 Å². The van der Waals surface area contributed by atoms with Crippen molar-refractivity contribution >= 4 is 5.91 Å². The van der Waals surface area contributed by atoms with Crippen LogP contribution in [0.2, 0.25) is 0 Å². The Morgan fingerprint density at radius 1 is 1.50 bits per heavy atom. The predicted molar refractivity (Wildman–Crippen MR) is 84.0 cm³/mol. The number of phenols is 1. The number of rotatable bonds is 6. The van der Waals surface area contributed by atoms with Crippen LogP contribution < -0.4 is 10.5 Å². The van der Waals surface area contributed by atoms with Crippen LogP contribution in [0.25, 0.3) is 0 Å². The molecule has 1 aromatic carbocycles. The molecule has 0 atom stereocenters. The molecule has 128 valence electrons. The number of aromatic nitrogens is 2. The Morgan fingerprint density at radius 2 is 2.25 bits per heavy atom. The third-order valence-electron chi connectivity index (χ3n) is 4.03. The van der Waals surface area contributed by atoms with E-state index in [0.717, 1.165) is 19.3 Å². The van der Waals surface area contributed by atoms with Gasteiger partial charge >= 0.3 is 5.76 Å². The number of nitrogens with one attached hydrogen (secondary N) is 1. The summed E-state index contributed by atoms with van der Waals surface area (Å²) >= 11 is 0. The maximum absolute atomic E-state index is 12.6. The number of hydrogen-bond donors (Lipinski definition) is 2. The van der Waals surface area contributed by atoms with Gasteiger partial charge in [-0.15, -0.1) is 5.10 Å². The number of aromatic hydroxyl groups is 1. The molecule has 1 saturated carbocycles. The number of ether oxygens (including phenoxy) is 1. The number of H-pyrrole nitrogens is 1. The summed E-state index contributed by atoms with van der Waals surface area (Å²) in [6, 6.07) is 3.20. The van der Waals surface area contributed by atoms with Crippen LogP contribution in [0.5, 0.6) is 11.5 Å². The number of hydrogen-bond acceptors (Lipinski definition) is 6. The Hall–Kier alpha value is -2.77. The summed E-state index contributed by atoms with van der Waals surface area (Å²) in [6.07, 6.45) is 3.00. The monoisotopic (exact) mass is 333 g/mol. The van der Waals surface area contributed by atoms with Gasteiger partial charge in [0.05, 0.1) is 13.7 Å². The Labute approximate surface area is 138 Å². The fourth-order valence-electron chi connectivity index (χ4n) is 2.56. The summed E-state index contributed by atoms with van der Waals surface area (Å²) in [4.78, 5) is 25.0. The largest absolute Gasteiger partial charge is 0.504 e. The number of carbonyl (C=O) groups is 1. The highest BCUT2D eigenvalue weighted by Gasteiger charge is 2.25. The second-order valence-corrected chi connectivity index (χ2v) is 6.00. The average molecular weight is 333 g/mol. The second kappa shape index (κ2) is 6.38. The lowest BCUT2D eigenvalue weighted by Gasteiger charge is -2.17. The second-order valence-electron chi connectivity index (χ2n) is 6.00. The summed E-state index contributed by atoms with van der Waals surface area (Å²) < 4.78 is 9.99. The molecule has 1 fully saturated rings. The number of amides is 1. The van der Waals surface area contributed by atoms with E-state index >= 15 is 0 Å². The Kier molecular flexibility index (Phi) is 4.28. The van der Waals surface area contributed by atoms with E-state index in [2.05, 4.69) is 10.2 Å². The lowest BCUT2D eigenvalue weighted by molar-refractivity contribution is 0.0771. The van der Waals surface area contributed by atoms with E-state index in [0.29, 0.717) is 17.0 Å². The first kappa shape index (κ1) is 16.1. The number of benzene rings is 1. The number of aromatic amines is 1. The van der Waals surface area contributed by atoms with Crippen molar-refractivity contribution in [3.8, 4) is 11.5 Å². The highest BCUT2D eigenvalue weighted by Crippen LogP contribution is 2.39. The minimum Gasteiger partial charge on any atom is -0.504 e. The molecule has 1 aliphatic rings. The number of carbonyl (C=O) groups excluding carboxylic acids is 1. The molecule has 0 unspecified atom stereocenters. The molecule has 0 bridgehead atoms. The van der Waals surface area contributed by atoms with Crippen molar-refractivity contribution in [2.75, 3.05) is 14.2 Å². The van der Waals surface area contributed by atoms with Gasteiger partial charge in [0.15, 0.2) is 11.5 Å². The van der Waals surface area contributed by atoms with Crippen molar-refractivity contribution in [3.63, 3.8) is 0 Å². The molecule has 3 rings (SSSR count). The first-order chi connectivity index (χ1) is 11.5. The van der Waals surface area contributed by atoms with Crippen LogP contribution >= 0.6 is 0 Å². The molecule has 0 saturated heterocycles. The summed E-state index contributed by atoms with van der Waals surface area (Å²) in [7, 11) is 3.03. The average Bonchev–Trinajstić information content (AvgIpc) is 3.29. The van der Waals surface area contributed by atoms with Gasteiger partial charge < -0.3 is 19.2 Å². The first-order valence-corrected chi connectivity index (χ1v) is 7.67. The maximum atomic E-state index is 12.6. The van der Waals surface area contributed by atoms with Gasteiger partial charge in [0.2, 0.25) is 5.89 Å². The molecule has 1 amide bonds. The molecule has 0 aliphatic heterocycles. The highest BCUT2D eigenvalue weighted by atomic mass is 16.5. The van der Waals surface area contributed by atoms with Crippen LogP contribution in [0.4, 0.5) is 0 Å². The van der Waals surface area contributed by atoms with Crippen molar-refractivity contribution in [1.29, 1.82) is 0 Å². The molecule has 1 heterocycles.